The van der Waals surface area contributed by atoms with Crippen molar-refractivity contribution in [2.75, 3.05) is 47.0 Å². The fraction of sp³-hybridized carbons (Fsp3) is 0.250. The first-order valence-electron chi connectivity index (χ1n) is 9.16. The lowest BCUT2D eigenvalue weighted by atomic mass is 10.2. The molecule has 8 heteroatoms. The van der Waals surface area contributed by atoms with E-state index in [0.29, 0.717) is 55.0 Å². The molecule has 0 saturated carbocycles. The maximum atomic E-state index is 14.0. The van der Waals surface area contributed by atoms with Crippen molar-refractivity contribution in [2.45, 2.75) is 6.92 Å². The Balaban J connectivity index is 1.48. The number of anilines is 5. The van der Waals surface area contributed by atoms with Crippen LogP contribution in [0.1, 0.15) is 5.56 Å². The Morgan fingerprint density at radius 3 is 2.43 bits per heavy atom. The predicted octanol–water partition coefficient (Wildman–Crippen LogP) is 2.97. The minimum absolute atomic E-state index is 0.199. The number of benzene rings is 1. The van der Waals surface area contributed by atoms with Gasteiger partial charge in [0.15, 0.2) is 11.6 Å². The molecule has 0 radical (unpaired) electrons. The molecule has 4 rings (SSSR count). The van der Waals surface area contributed by atoms with Crippen LogP contribution in [0.3, 0.4) is 0 Å². The Bertz CT molecular complexity index is 953. The average molecular weight is 379 g/mol. The molecule has 0 aliphatic carbocycles. The molecule has 144 valence electrons. The number of piperazine rings is 1. The molecule has 3 aromatic rings. The largest absolute Gasteiger partial charge is 0.393 e. The summed E-state index contributed by atoms with van der Waals surface area (Å²) in [6.45, 7) is 4.74. The lowest BCUT2D eigenvalue weighted by molar-refractivity contribution is 0.596. The zero-order valence-corrected chi connectivity index (χ0v) is 15.6. The highest BCUT2D eigenvalue weighted by molar-refractivity contribution is 5.77. The highest BCUT2D eigenvalue weighted by atomic mass is 19.1. The number of pyridine rings is 1. The van der Waals surface area contributed by atoms with Gasteiger partial charge in [-0.1, -0.05) is 18.2 Å². The minimum atomic E-state index is -0.199. The van der Waals surface area contributed by atoms with E-state index in [-0.39, 0.29) is 5.82 Å². The van der Waals surface area contributed by atoms with Gasteiger partial charge in [0.2, 0.25) is 0 Å². The summed E-state index contributed by atoms with van der Waals surface area (Å²) >= 11 is 0. The number of hydrogen-bond donors (Lipinski definition) is 2. The molecule has 7 nitrogen and oxygen atoms in total. The molecular weight excluding hydrogens is 357 g/mol. The molecule has 1 fully saturated rings. The van der Waals surface area contributed by atoms with Crippen LogP contribution in [0.4, 0.5) is 33.2 Å². The Labute approximate surface area is 163 Å². The van der Waals surface area contributed by atoms with Gasteiger partial charge in [-0.2, -0.15) is 0 Å². The molecule has 1 aliphatic heterocycles. The number of nitrogens with one attached hydrogen (secondary N) is 1. The number of para-hydroxylation sites is 1. The van der Waals surface area contributed by atoms with Crippen molar-refractivity contribution < 1.29 is 4.39 Å². The van der Waals surface area contributed by atoms with E-state index in [2.05, 4.69) is 25.2 Å². The van der Waals surface area contributed by atoms with Crippen LogP contribution in [-0.4, -0.2) is 41.1 Å². The van der Waals surface area contributed by atoms with Gasteiger partial charge in [0.1, 0.15) is 23.6 Å². The summed E-state index contributed by atoms with van der Waals surface area (Å²) in [5.41, 5.74) is 8.52. The highest BCUT2D eigenvalue weighted by Crippen LogP contribution is 2.29. The summed E-state index contributed by atoms with van der Waals surface area (Å²) in [6, 6.07) is 10.7. The number of aryl methyl sites for hydroxylation is 1. The summed E-state index contributed by atoms with van der Waals surface area (Å²) in [6.07, 6.45) is 3.27. The van der Waals surface area contributed by atoms with Crippen LogP contribution in [0.2, 0.25) is 0 Å². The molecule has 3 N–H and O–H groups in total. The number of nitrogen functional groups attached to an aromatic ring is 1. The van der Waals surface area contributed by atoms with Gasteiger partial charge in [-0.25, -0.2) is 19.3 Å². The molecule has 0 amide bonds. The Morgan fingerprint density at radius 2 is 1.71 bits per heavy atom. The second kappa shape index (κ2) is 7.67. The van der Waals surface area contributed by atoms with Gasteiger partial charge in [-0.05, 0) is 30.7 Å². The summed E-state index contributed by atoms with van der Waals surface area (Å²) in [4.78, 5) is 17.1. The van der Waals surface area contributed by atoms with Gasteiger partial charge in [-0.15, -0.1) is 0 Å². The van der Waals surface area contributed by atoms with Crippen molar-refractivity contribution in [1.82, 2.24) is 15.0 Å². The molecule has 1 aromatic carbocycles. The van der Waals surface area contributed by atoms with E-state index in [1.807, 2.05) is 30.0 Å². The van der Waals surface area contributed by atoms with E-state index in [4.69, 9.17) is 5.73 Å². The Morgan fingerprint density at radius 1 is 0.964 bits per heavy atom. The molecule has 0 atom stereocenters. The van der Waals surface area contributed by atoms with Crippen LogP contribution in [0, 0.1) is 12.7 Å². The van der Waals surface area contributed by atoms with E-state index in [0.717, 1.165) is 5.56 Å². The number of halogens is 1. The zero-order chi connectivity index (χ0) is 19.5. The van der Waals surface area contributed by atoms with E-state index in [1.165, 1.54) is 12.4 Å². The monoisotopic (exact) mass is 379 g/mol. The van der Waals surface area contributed by atoms with Crippen LogP contribution < -0.4 is 20.9 Å². The molecule has 1 aliphatic rings. The first kappa shape index (κ1) is 18.0. The lowest BCUT2D eigenvalue weighted by Gasteiger charge is -2.37. The number of nitrogens with zero attached hydrogens (tertiary/aromatic N) is 5. The van der Waals surface area contributed by atoms with E-state index in [9.17, 15) is 4.39 Å². The average Bonchev–Trinajstić information content (AvgIpc) is 2.72. The van der Waals surface area contributed by atoms with Crippen LogP contribution >= 0.6 is 0 Å². The smallest absolute Gasteiger partial charge is 0.160 e. The van der Waals surface area contributed by atoms with Gasteiger partial charge in [-0.3, -0.25) is 0 Å². The molecule has 1 saturated heterocycles. The van der Waals surface area contributed by atoms with Crippen molar-refractivity contribution in [1.29, 1.82) is 0 Å². The van der Waals surface area contributed by atoms with Gasteiger partial charge in [0, 0.05) is 32.4 Å². The normalized spacial score (nSPS) is 14.2. The van der Waals surface area contributed by atoms with E-state index >= 15 is 0 Å². The zero-order valence-electron chi connectivity index (χ0n) is 15.6. The van der Waals surface area contributed by atoms with Crippen LogP contribution in [0.25, 0.3) is 0 Å². The number of nitrogens with two attached hydrogens (primary N) is 1. The maximum Gasteiger partial charge on any atom is 0.160 e. The Hall–Kier alpha value is -3.42. The van der Waals surface area contributed by atoms with Gasteiger partial charge < -0.3 is 20.9 Å². The van der Waals surface area contributed by atoms with Gasteiger partial charge in [0.05, 0.1) is 5.69 Å². The van der Waals surface area contributed by atoms with Crippen molar-refractivity contribution >= 4 is 28.8 Å². The summed E-state index contributed by atoms with van der Waals surface area (Å²) < 4.78 is 14.0. The summed E-state index contributed by atoms with van der Waals surface area (Å²) in [5.74, 6) is 1.68. The van der Waals surface area contributed by atoms with Gasteiger partial charge in [0.25, 0.3) is 0 Å². The second-order valence-corrected chi connectivity index (χ2v) is 6.73. The second-order valence-electron chi connectivity index (χ2n) is 6.73. The summed E-state index contributed by atoms with van der Waals surface area (Å²) in [5, 5.41) is 3.15. The van der Waals surface area contributed by atoms with E-state index in [1.54, 1.807) is 18.3 Å². The van der Waals surface area contributed by atoms with Gasteiger partial charge >= 0.3 is 0 Å². The first-order valence-corrected chi connectivity index (χ1v) is 9.16. The molecule has 3 heterocycles. The SMILES string of the molecule is Cc1ccc(Nc2ncnc(N3CCN(c4ccccc4F)CC3)c2N)nc1. The van der Waals surface area contributed by atoms with Crippen molar-refractivity contribution in [3.8, 4) is 0 Å². The minimum Gasteiger partial charge on any atom is -0.393 e. The molecule has 0 spiro atoms. The fourth-order valence-electron chi connectivity index (χ4n) is 3.27. The quantitative estimate of drug-likeness (QED) is 0.721. The number of aromatic nitrogens is 3. The number of hydrogen-bond acceptors (Lipinski definition) is 7. The van der Waals surface area contributed by atoms with E-state index < -0.39 is 0 Å². The van der Waals surface area contributed by atoms with Crippen LogP contribution in [0.15, 0.2) is 48.9 Å². The third-order valence-corrected chi connectivity index (χ3v) is 4.79. The molecule has 0 bridgehead atoms. The first-order chi connectivity index (χ1) is 13.6. The molecule has 0 unspecified atom stereocenters. The predicted molar refractivity (Wildman–Crippen MR) is 110 cm³/mol. The summed E-state index contributed by atoms with van der Waals surface area (Å²) in [7, 11) is 0. The topological polar surface area (TPSA) is 83.2 Å². The van der Waals surface area contributed by atoms with Crippen molar-refractivity contribution in [3.05, 3.63) is 60.3 Å². The highest BCUT2D eigenvalue weighted by Gasteiger charge is 2.22. The number of rotatable bonds is 4. The molecule has 28 heavy (non-hydrogen) atoms. The third kappa shape index (κ3) is 3.66. The lowest BCUT2D eigenvalue weighted by Crippen LogP contribution is -2.47. The Kier molecular flexibility index (Phi) is 4.92. The van der Waals surface area contributed by atoms with Crippen molar-refractivity contribution in [2.24, 2.45) is 0 Å². The molecule has 2 aromatic heterocycles. The van der Waals surface area contributed by atoms with Crippen LogP contribution in [-0.2, 0) is 0 Å². The molecular formula is C20H22FN7. The standard InChI is InChI=1S/C20H22FN7/c1-14-6-7-17(23-12-14)26-19-18(22)20(25-13-24-19)28-10-8-27(9-11-28)16-5-3-2-4-15(16)21/h2-7,12-13H,8-11,22H2,1H3,(H,23,24,25,26). The van der Waals surface area contributed by atoms with Crippen LogP contribution in [0.5, 0.6) is 0 Å². The third-order valence-electron chi connectivity index (χ3n) is 4.79. The van der Waals surface area contributed by atoms with Crippen molar-refractivity contribution in [3.63, 3.8) is 0 Å². The fourth-order valence-corrected chi connectivity index (χ4v) is 3.27. The maximum absolute atomic E-state index is 14.0.